The van der Waals surface area contributed by atoms with Crippen LogP contribution >= 0.6 is 23.4 Å². The van der Waals surface area contributed by atoms with Crippen LogP contribution in [0.2, 0.25) is 5.02 Å². The second kappa shape index (κ2) is 6.75. The molecular weight excluding hydrogens is 232 g/mol. The number of hydrogen-bond acceptors (Lipinski definition) is 3. The largest absolute Gasteiger partial charge is 0.492 e. The monoisotopic (exact) mass is 244 g/mol. The zero-order valence-corrected chi connectivity index (χ0v) is 10.1. The number of thioether (sulfide) groups is 1. The molecule has 0 unspecified atom stereocenters. The predicted molar refractivity (Wildman–Crippen MR) is 65.3 cm³/mol. The quantitative estimate of drug-likeness (QED) is 0.568. The molecular formula is C11H13ClO2S. The van der Waals surface area contributed by atoms with E-state index in [1.807, 2.05) is 0 Å². The van der Waals surface area contributed by atoms with Crippen molar-refractivity contribution in [2.75, 3.05) is 18.6 Å². The van der Waals surface area contributed by atoms with Crippen molar-refractivity contribution >= 4 is 29.6 Å². The second-order valence-corrected chi connectivity index (χ2v) is 4.40. The average molecular weight is 245 g/mol. The Hall–Kier alpha value is -0.670. The third-order valence-electron chi connectivity index (χ3n) is 1.84. The summed E-state index contributed by atoms with van der Waals surface area (Å²) in [5.41, 5.74) is 0.566. The highest BCUT2D eigenvalue weighted by Crippen LogP contribution is 2.25. The molecule has 1 aromatic rings. The summed E-state index contributed by atoms with van der Waals surface area (Å²) in [5, 5.41) is 0.490. The Kier molecular flexibility index (Phi) is 5.58. The van der Waals surface area contributed by atoms with Crippen LogP contribution in [-0.2, 0) is 0 Å². The van der Waals surface area contributed by atoms with Gasteiger partial charge in [-0.1, -0.05) is 11.6 Å². The lowest BCUT2D eigenvalue weighted by atomic mass is 10.2. The van der Waals surface area contributed by atoms with Gasteiger partial charge in [0.15, 0.2) is 0 Å². The molecule has 0 spiro atoms. The fraction of sp³-hybridized carbons (Fsp3) is 0.364. The number of benzene rings is 1. The Morgan fingerprint density at radius 2 is 2.33 bits per heavy atom. The summed E-state index contributed by atoms with van der Waals surface area (Å²) in [4.78, 5) is 10.5. The van der Waals surface area contributed by atoms with E-state index in [9.17, 15) is 4.79 Å². The van der Waals surface area contributed by atoms with E-state index in [1.165, 1.54) is 0 Å². The average Bonchev–Trinajstić information content (AvgIpc) is 2.26. The first-order valence-electron chi connectivity index (χ1n) is 4.64. The Morgan fingerprint density at radius 3 is 2.93 bits per heavy atom. The number of carbonyl (C=O) groups is 1. The van der Waals surface area contributed by atoms with E-state index < -0.39 is 0 Å². The molecule has 1 rings (SSSR count). The highest BCUT2D eigenvalue weighted by molar-refractivity contribution is 7.98. The zero-order valence-electron chi connectivity index (χ0n) is 8.53. The zero-order chi connectivity index (χ0) is 11.1. The first-order chi connectivity index (χ1) is 7.27. The van der Waals surface area contributed by atoms with Crippen molar-refractivity contribution in [2.45, 2.75) is 6.42 Å². The molecule has 0 N–H and O–H groups in total. The van der Waals surface area contributed by atoms with E-state index >= 15 is 0 Å². The summed E-state index contributed by atoms with van der Waals surface area (Å²) < 4.78 is 5.48. The molecule has 15 heavy (non-hydrogen) atoms. The smallest absolute Gasteiger partial charge is 0.150 e. The Bertz CT molecular complexity index is 328. The maximum absolute atomic E-state index is 10.5. The number of ether oxygens (including phenoxy) is 1. The van der Waals surface area contributed by atoms with Gasteiger partial charge in [-0.05, 0) is 36.6 Å². The van der Waals surface area contributed by atoms with E-state index in [0.717, 1.165) is 18.5 Å². The summed E-state index contributed by atoms with van der Waals surface area (Å²) in [5.74, 6) is 1.72. The van der Waals surface area contributed by atoms with E-state index in [4.69, 9.17) is 16.3 Å². The van der Waals surface area contributed by atoms with Crippen LogP contribution in [0, 0.1) is 0 Å². The summed E-state index contributed by atoms with van der Waals surface area (Å²) in [6.07, 6.45) is 3.82. The molecule has 2 nitrogen and oxygen atoms in total. The molecule has 0 aliphatic carbocycles. The molecule has 0 atom stereocenters. The summed E-state index contributed by atoms with van der Waals surface area (Å²) in [6.45, 7) is 0.654. The maximum Gasteiger partial charge on any atom is 0.150 e. The minimum absolute atomic E-state index is 0.490. The standard InChI is InChI=1S/C11H13ClO2S/c1-15-6-2-5-14-11-4-3-9(8-13)7-10(11)12/h3-4,7-8H,2,5-6H2,1H3. The van der Waals surface area contributed by atoms with Gasteiger partial charge in [-0.2, -0.15) is 11.8 Å². The van der Waals surface area contributed by atoms with Crippen molar-refractivity contribution in [1.29, 1.82) is 0 Å². The normalized spacial score (nSPS) is 10.0. The van der Waals surface area contributed by atoms with Crippen LogP contribution in [0.15, 0.2) is 18.2 Å². The Labute approximate surface area is 99.0 Å². The van der Waals surface area contributed by atoms with Gasteiger partial charge in [0.2, 0.25) is 0 Å². The summed E-state index contributed by atoms with van der Waals surface area (Å²) in [6, 6.07) is 5.03. The molecule has 0 heterocycles. The van der Waals surface area contributed by atoms with Crippen LogP contribution in [0.25, 0.3) is 0 Å². The summed E-state index contributed by atoms with van der Waals surface area (Å²) >= 11 is 7.72. The van der Waals surface area contributed by atoms with Crippen molar-refractivity contribution in [3.63, 3.8) is 0 Å². The highest BCUT2D eigenvalue weighted by Gasteiger charge is 2.02. The number of halogens is 1. The Balaban J connectivity index is 2.50. The lowest BCUT2D eigenvalue weighted by molar-refractivity contribution is 0.112. The topological polar surface area (TPSA) is 26.3 Å². The minimum Gasteiger partial charge on any atom is -0.492 e. The van der Waals surface area contributed by atoms with E-state index in [0.29, 0.717) is 22.9 Å². The molecule has 0 aliphatic heterocycles. The van der Waals surface area contributed by atoms with Gasteiger partial charge in [-0.25, -0.2) is 0 Å². The highest BCUT2D eigenvalue weighted by atomic mass is 35.5. The minimum atomic E-state index is 0.490. The van der Waals surface area contributed by atoms with Crippen molar-refractivity contribution in [2.24, 2.45) is 0 Å². The van der Waals surface area contributed by atoms with Crippen molar-refractivity contribution < 1.29 is 9.53 Å². The van der Waals surface area contributed by atoms with Gasteiger partial charge < -0.3 is 4.74 Å². The molecule has 0 aliphatic rings. The molecule has 0 aromatic heterocycles. The van der Waals surface area contributed by atoms with Crippen LogP contribution in [0.1, 0.15) is 16.8 Å². The van der Waals surface area contributed by atoms with Gasteiger partial charge in [-0.15, -0.1) is 0 Å². The molecule has 0 saturated carbocycles. The van der Waals surface area contributed by atoms with Gasteiger partial charge in [-0.3, -0.25) is 4.79 Å². The fourth-order valence-corrected chi connectivity index (χ4v) is 1.74. The van der Waals surface area contributed by atoms with E-state index in [2.05, 4.69) is 6.26 Å². The SMILES string of the molecule is CSCCCOc1ccc(C=O)cc1Cl. The third kappa shape index (κ3) is 4.14. The van der Waals surface area contributed by atoms with Crippen LogP contribution in [0.5, 0.6) is 5.75 Å². The Morgan fingerprint density at radius 1 is 1.53 bits per heavy atom. The van der Waals surface area contributed by atoms with Crippen LogP contribution < -0.4 is 4.74 Å². The van der Waals surface area contributed by atoms with Gasteiger partial charge in [0.25, 0.3) is 0 Å². The fourth-order valence-electron chi connectivity index (χ4n) is 1.09. The first-order valence-corrected chi connectivity index (χ1v) is 6.41. The molecule has 0 bridgehead atoms. The molecule has 0 saturated heterocycles. The van der Waals surface area contributed by atoms with Gasteiger partial charge >= 0.3 is 0 Å². The molecule has 0 radical (unpaired) electrons. The molecule has 4 heteroatoms. The third-order valence-corrected chi connectivity index (χ3v) is 2.83. The van der Waals surface area contributed by atoms with Gasteiger partial charge in [0.05, 0.1) is 11.6 Å². The number of hydrogen-bond donors (Lipinski definition) is 0. The van der Waals surface area contributed by atoms with Gasteiger partial charge in [0, 0.05) is 5.56 Å². The number of aldehydes is 1. The van der Waals surface area contributed by atoms with Crippen LogP contribution in [-0.4, -0.2) is 24.9 Å². The van der Waals surface area contributed by atoms with E-state index in [1.54, 1.807) is 30.0 Å². The molecule has 82 valence electrons. The predicted octanol–water partition coefficient (Wildman–Crippen LogP) is 3.28. The summed E-state index contributed by atoms with van der Waals surface area (Å²) in [7, 11) is 0. The lowest BCUT2D eigenvalue weighted by Gasteiger charge is -2.07. The van der Waals surface area contributed by atoms with Crippen molar-refractivity contribution in [3.8, 4) is 5.75 Å². The van der Waals surface area contributed by atoms with E-state index in [-0.39, 0.29) is 0 Å². The van der Waals surface area contributed by atoms with Crippen LogP contribution in [0.4, 0.5) is 0 Å². The van der Waals surface area contributed by atoms with Gasteiger partial charge in [0.1, 0.15) is 12.0 Å². The molecule has 0 amide bonds. The van der Waals surface area contributed by atoms with Crippen molar-refractivity contribution in [1.82, 2.24) is 0 Å². The number of rotatable bonds is 6. The lowest BCUT2D eigenvalue weighted by Crippen LogP contribution is -1.99. The molecule has 0 fully saturated rings. The first kappa shape index (κ1) is 12.4. The second-order valence-electron chi connectivity index (χ2n) is 3.00. The maximum atomic E-state index is 10.5. The van der Waals surface area contributed by atoms with Crippen LogP contribution in [0.3, 0.4) is 0 Å². The molecule has 1 aromatic carbocycles. The number of carbonyl (C=O) groups excluding carboxylic acids is 1. The van der Waals surface area contributed by atoms with Crippen molar-refractivity contribution in [3.05, 3.63) is 28.8 Å².